The summed E-state index contributed by atoms with van der Waals surface area (Å²) in [6.07, 6.45) is 0. The third-order valence-electron chi connectivity index (χ3n) is 5.51. The van der Waals surface area contributed by atoms with Crippen LogP contribution in [0.4, 0.5) is 11.5 Å². The lowest BCUT2D eigenvalue weighted by Gasteiger charge is -2.27. The number of nitrogens with zero attached hydrogens (tertiary/aromatic N) is 3. The van der Waals surface area contributed by atoms with Crippen molar-refractivity contribution < 1.29 is 0 Å². The van der Waals surface area contributed by atoms with Crippen LogP contribution in [0.3, 0.4) is 0 Å². The quantitative estimate of drug-likeness (QED) is 0.344. The molecule has 4 N–H and O–H groups in total. The molecule has 184 valence electrons. The predicted octanol–water partition coefficient (Wildman–Crippen LogP) is 3.40. The summed E-state index contributed by atoms with van der Waals surface area (Å²) < 4.78 is 1.39. The SMILES string of the molecule is CC(C)CN(Cc1nc2sc(-c3ccccc3)cc2c(=O)[nH]1)c1c(N)n(CC(C)C)c(=O)[nH]c1=O. The van der Waals surface area contributed by atoms with Crippen molar-refractivity contribution in [1.29, 1.82) is 0 Å². The van der Waals surface area contributed by atoms with Crippen LogP contribution in [-0.2, 0) is 13.1 Å². The van der Waals surface area contributed by atoms with Crippen LogP contribution in [0, 0.1) is 11.8 Å². The minimum absolute atomic E-state index is 0.110. The van der Waals surface area contributed by atoms with Crippen LogP contribution in [0.5, 0.6) is 0 Å². The van der Waals surface area contributed by atoms with Crippen LogP contribution in [0.25, 0.3) is 20.7 Å². The topological polar surface area (TPSA) is 130 Å². The largest absolute Gasteiger partial charge is 0.383 e. The number of aromatic amines is 2. The number of thiophene rings is 1. The zero-order valence-corrected chi connectivity index (χ0v) is 21.1. The van der Waals surface area contributed by atoms with Crippen LogP contribution in [-0.4, -0.2) is 26.1 Å². The van der Waals surface area contributed by atoms with Crippen LogP contribution >= 0.6 is 11.3 Å². The maximum absolute atomic E-state index is 12.9. The van der Waals surface area contributed by atoms with Gasteiger partial charge in [-0.05, 0) is 23.5 Å². The summed E-state index contributed by atoms with van der Waals surface area (Å²) in [6, 6.07) is 11.7. The standard InChI is InChI=1S/C25H30N6O3S/c1-14(2)11-30(20-21(26)31(12-15(3)4)25(34)29-23(20)33)13-19-27-22(32)17-10-18(35-24(17)28-19)16-8-6-5-7-9-16/h5-10,14-15H,11-13,26H2,1-4H3,(H,27,28,32)(H,29,33,34). The van der Waals surface area contributed by atoms with Gasteiger partial charge in [-0.1, -0.05) is 58.0 Å². The van der Waals surface area contributed by atoms with Gasteiger partial charge in [0.15, 0.2) is 0 Å². The molecule has 0 unspecified atom stereocenters. The van der Waals surface area contributed by atoms with Crippen molar-refractivity contribution in [3.8, 4) is 10.4 Å². The molecule has 4 rings (SSSR count). The first kappa shape index (κ1) is 24.5. The molecule has 0 fully saturated rings. The fourth-order valence-corrected chi connectivity index (χ4v) is 5.14. The molecule has 1 aromatic carbocycles. The highest BCUT2D eigenvalue weighted by molar-refractivity contribution is 7.21. The number of nitrogens with one attached hydrogen (secondary N) is 2. The highest BCUT2D eigenvalue weighted by Gasteiger charge is 2.22. The first-order valence-electron chi connectivity index (χ1n) is 11.6. The average molecular weight is 495 g/mol. The predicted molar refractivity (Wildman–Crippen MR) is 142 cm³/mol. The van der Waals surface area contributed by atoms with Crippen molar-refractivity contribution in [2.45, 2.75) is 40.8 Å². The number of nitrogen functional groups attached to an aromatic ring is 1. The number of hydrogen-bond acceptors (Lipinski definition) is 7. The van der Waals surface area contributed by atoms with Gasteiger partial charge >= 0.3 is 5.69 Å². The number of aromatic nitrogens is 4. The molecule has 0 radical (unpaired) electrons. The molecule has 0 atom stereocenters. The number of fused-ring (bicyclic) bond motifs is 1. The minimum Gasteiger partial charge on any atom is -0.383 e. The molecule has 35 heavy (non-hydrogen) atoms. The summed E-state index contributed by atoms with van der Waals surface area (Å²) in [4.78, 5) is 51.5. The summed E-state index contributed by atoms with van der Waals surface area (Å²) >= 11 is 1.45. The lowest BCUT2D eigenvalue weighted by Crippen LogP contribution is -2.40. The van der Waals surface area contributed by atoms with Gasteiger partial charge in [0.05, 0.1) is 11.9 Å². The highest BCUT2D eigenvalue weighted by atomic mass is 32.1. The molecule has 10 heteroatoms. The second-order valence-corrected chi connectivity index (χ2v) is 10.5. The molecule has 0 amide bonds. The molecule has 0 spiro atoms. The van der Waals surface area contributed by atoms with E-state index in [0.29, 0.717) is 29.1 Å². The molecule has 0 bridgehead atoms. The van der Waals surface area contributed by atoms with Gasteiger partial charge in [-0.3, -0.25) is 19.1 Å². The van der Waals surface area contributed by atoms with Crippen molar-refractivity contribution in [3.63, 3.8) is 0 Å². The van der Waals surface area contributed by atoms with Crippen molar-refractivity contribution in [3.05, 3.63) is 73.4 Å². The van der Waals surface area contributed by atoms with E-state index >= 15 is 0 Å². The normalized spacial score (nSPS) is 11.6. The third-order valence-corrected chi connectivity index (χ3v) is 6.59. The zero-order valence-electron chi connectivity index (χ0n) is 20.3. The van der Waals surface area contributed by atoms with E-state index in [0.717, 1.165) is 10.4 Å². The monoisotopic (exact) mass is 494 g/mol. The Morgan fingerprint density at radius 1 is 1.03 bits per heavy atom. The molecule has 9 nitrogen and oxygen atoms in total. The maximum atomic E-state index is 12.9. The number of hydrogen-bond donors (Lipinski definition) is 3. The first-order valence-corrected chi connectivity index (χ1v) is 12.4. The Hall–Kier alpha value is -3.66. The van der Waals surface area contributed by atoms with Crippen molar-refractivity contribution >= 4 is 33.1 Å². The summed E-state index contributed by atoms with van der Waals surface area (Å²) in [6.45, 7) is 9.00. The number of benzene rings is 1. The Kier molecular flexibility index (Phi) is 6.93. The molecular weight excluding hydrogens is 464 g/mol. The fraction of sp³-hybridized carbons (Fsp3) is 0.360. The van der Waals surface area contributed by atoms with E-state index in [1.165, 1.54) is 15.9 Å². The van der Waals surface area contributed by atoms with Crippen molar-refractivity contribution in [2.75, 3.05) is 17.2 Å². The highest BCUT2D eigenvalue weighted by Crippen LogP contribution is 2.31. The molecule has 0 saturated heterocycles. The second-order valence-electron chi connectivity index (χ2n) is 9.48. The molecule has 4 aromatic rings. The molecule has 0 aliphatic heterocycles. The maximum Gasteiger partial charge on any atom is 0.330 e. The van der Waals surface area contributed by atoms with Gasteiger partial charge in [0, 0.05) is 18.0 Å². The Morgan fingerprint density at radius 3 is 2.40 bits per heavy atom. The average Bonchev–Trinajstić information content (AvgIpc) is 3.21. The van der Waals surface area contributed by atoms with Gasteiger partial charge < -0.3 is 15.6 Å². The number of H-pyrrole nitrogens is 2. The molecule has 0 aliphatic carbocycles. The van der Waals surface area contributed by atoms with E-state index in [4.69, 9.17) is 10.7 Å². The molecule has 0 saturated carbocycles. The summed E-state index contributed by atoms with van der Waals surface area (Å²) in [5.74, 6) is 0.871. The number of anilines is 2. The van der Waals surface area contributed by atoms with E-state index in [-0.39, 0.29) is 35.4 Å². The number of nitrogens with two attached hydrogens (primary N) is 1. The van der Waals surface area contributed by atoms with Crippen molar-refractivity contribution in [2.24, 2.45) is 11.8 Å². The van der Waals surface area contributed by atoms with E-state index in [2.05, 4.69) is 9.97 Å². The van der Waals surface area contributed by atoms with Gasteiger partial charge in [-0.2, -0.15) is 0 Å². The molecule has 3 aromatic heterocycles. The molecule has 3 heterocycles. The Balaban J connectivity index is 1.77. The smallest absolute Gasteiger partial charge is 0.330 e. The lowest BCUT2D eigenvalue weighted by atomic mass is 10.2. The zero-order chi connectivity index (χ0) is 25.3. The number of rotatable bonds is 8. The lowest BCUT2D eigenvalue weighted by molar-refractivity contribution is 0.505. The van der Waals surface area contributed by atoms with E-state index in [1.54, 1.807) is 4.90 Å². The Bertz CT molecular complexity index is 1510. The van der Waals surface area contributed by atoms with Gasteiger partial charge in [-0.25, -0.2) is 9.78 Å². The summed E-state index contributed by atoms with van der Waals surface area (Å²) in [7, 11) is 0. The van der Waals surface area contributed by atoms with Crippen LogP contribution < -0.4 is 27.4 Å². The fourth-order valence-electron chi connectivity index (χ4n) is 4.08. The minimum atomic E-state index is -0.556. The van der Waals surface area contributed by atoms with E-state index < -0.39 is 11.2 Å². The van der Waals surface area contributed by atoms with Crippen LogP contribution in [0.15, 0.2) is 50.8 Å². The van der Waals surface area contributed by atoms with E-state index in [1.807, 2.05) is 64.1 Å². The van der Waals surface area contributed by atoms with Crippen molar-refractivity contribution in [1.82, 2.24) is 19.5 Å². The van der Waals surface area contributed by atoms with Crippen LogP contribution in [0.2, 0.25) is 0 Å². The second kappa shape index (κ2) is 9.91. The Labute approximate surface area is 206 Å². The summed E-state index contributed by atoms with van der Waals surface area (Å²) in [5.41, 5.74) is 6.26. The van der Waals surface area contributed by atoms with Gasteiger partial charge in [0.1, 0.15) is 22.2 Å². The third kappa shape index (κ3) is 5.22. The van der Waals surface area contributed by atoms with E-state index in [9.17, 15) is 14.4 Å². The van der Waals surface area contributed by atoms with Gasteiger partial charge in [0.2, 0.25) is 0 Å². The van der Waals surface area contributed by atoms with Gasteiger partial charge in [0.25, 0.3) is 11.1 Å². The first-order chi connectivity index (χ1) is 16.6. The molecular formula is C25H30N6O3S. The molecule has 0 aliphatic rings. The summed E-state index contributed by atoms with van der Waals surface area (Å²) in [5, 5.41) is 0.524. The van der Waals surface area contributed by atoms with Gasteiger partial charge in [-0.15, -0.1) is 11.3 Å². The van der Waals surface area contributed by atoms with Crippen LogP contribution in [0.1, 0.15) is 33.5 Å². The Morgan fingerprint density at radius 2 is 1.74 bits per heavy atom.